The van der Waals surface area contributed by atoms with E-state index in [1.165, 1.54) is 19.1 Å². The average molecular weight is 219 g/mol. The predicted octanol–water partition coefficient (Wildman–Crippen LogP) is 1.20. The van der Waals surface area contributed by atoms with Gasteiger partial charge in [0.25, 0.3) is 0 Å². The number of sulfone groups is 1. The van der Waals surface area contributed by atoms with Crippen molar-refractivity contribution in [2.45, 2.75) is 38.6 Å². The number of rotatable bonds is 6. The minimum Gasteiger partial charge on any atom is -0.317 e. The van der Waals surface area contributed by atoms with Gasteiger partial charge in [0, 0.05) is 18.1 Å². The normalized spacial score (nSPS) is 21.9. The first-order valence-electron chi connectivity index (χ1n) is 5.25. The molecular formula is C10H21NO2S. The van der Waals surface area contributed by atoms with E-state index >= 15 is 0 Å². The first-order chi connectivity index (χ1) is 6.40. The Morgan fingerprint density at radius 1 is 1.43 bits per heavy atom. The van der Waals surface area contributed by atoms with Crippen LogP contribution in [0.5, 0.6) is 0 Å². The van der Waals surface area contributed by atoms with E-state index in [1.807, 2.05) is 7.05 Å². The third-order valence-corrected chi connectivity index (χ3v) is 4.46. The lowest BCUT2D eigenvalue weighted by molar-refractivity contribution is 0.344. The Hall–Kier alpha value is -0.0900. The number of hydrogen-bond acceptors (Lipinski definition) is 3. The lowest BCUT2D eigenvalue weighted by atomic mass is 9.93. The highest BCUT2D eigenvalue weighted by Crippen LogP contribution is 2.52. The van der Waals surface area contributed by atoms with Gasteiger partial charge in [-0.1, -0.05) is 0 Å². The Bertz CT molecular complexity index is 280. The fourth-order valence-corrected chi connectivity index (χ4v) is 2.72. The number of nitrogens with one attached hydrogen (secondary N) is 1. The molecule has 1 aliphatic carbocycles. The van der Waals surface area contributed by atoms with Crippen LogP contribution in [0.3, 0.4) is 0 Å². The van der Waals surface area contributed by atoms with Crippen molar-refractivity contribution in [3.8, 4) is 0 Å². The molecular weight excluding hydrogens is 198 g/mol. The van der Waals surface area contributed by atoms with Crippen molar-refractivity contribution in [3.63, 3.8) is 0 Å². The van der Waals surface area contributed by atoms with Gasteiger partial charge < -0.3 is 5.32 Å². The average Bonchev–Trinajstić information content (AvgIpc) is 2.82. The van der Waals surface area contributed by atoms with Gasteiger partial charge in [-0.25, -0.2) is 8.42 Å². The van der Waals surface area contributed by atoms with E-state index in [4.69, 9.17) is 0 Å². The Labute approximate surface area is 87.2 Å². The summed E-state index contributed by atoms with van der Waals surface area (Å²) < 4.78 is 21.9. The second kappa shape index (κ2) is 4.19. The summed E-state index contributed by atoms with van der Waals surface area (Å²) >= 11 is 0. The molecule has 4 heteroatoms. The summed E-state index contributed by atoms with van der Waals surface area (Å²) in [5, 5.41) is 3.27. The molecule has 0 aromatic heterocycles. The first-order valence-corrected chi connectivity index (χ1v) is 7.31. The van der Waals surface area contributed by atoms with Gasteiger partial charge in [0.2, 0.25) is 0 Å². The molecule has 1 fully saturated rings. The fourth-order valence-electron chi connectivity index (χ4n) is 2.05. The molecule has 1 saturated carbocycles. The molecule has 0 aliphatic heterocycles. The van der Waals surface area contributed by atoms with Crippen LogP contribution in [0, 0.1) is 5.41 Å². The van der Waals surface area contributed by atoms with Gasteiger partial charge in [-0.3, -0.25) is 0 Å². The molecule has 0 heterocycles. The second-order valence-electron chi connectivity index (χ2n) is 4.61. The van der Waals surface area contributed by atoms with Gasteiger partial charge in [-0.05, 0) is 45.1 Å². The van der Waals surface area contributed by atoms with E-state index in [2.05, 4.69) is 12.2 Å². The quantitative estimate of drug-likeness (QED) is 0.730. The topological polar surface area (TPSA) is 46.2 Å². The van der Waals surface area contributed by atoms with Crippen LogP contribution in [-0.4, -0.2) is 33.5 Å². The second-order valence-corrected chi connectivity index (χ2v) is 6.87. The minimum atomic E-state index is -2.77. The van der Waals surface area contributed by atoms with E-state index in [0.29, 0.717) is 17.2 Å². The van der Waals surface area contributed by atoms with Crippen molar-refractivity contribution in [2.24, 2.45) is 5.41 Å². The molecule has 0 aromatic carbocycles. The zero-order valence-corrected chi connectivity index (χ0v) is 10.2. The summed E-state index contributed by atoms with van der Waals surface area (Å²) in [6, 6.07) is 0.516. The zero-order chi connectivity index (χ0) is 10.8. The molecule has 0 spiro atoms. The Balaban J connectivity index is 2.31. The highest BCUT2D eigenvalue weighted by atomic mass is 32.2. The number of hydrogen-bond donors (Lipinski definition) is 1. The summed E-state index contributed by atoms with van der Waals surface area (Å²) in [6.45, 7) is 2.19. The van der Waals surface area contributed by atoms with Gasteiger partial charge in [0.1, 0.15) is 9.84 Å². The van der Waals surface area contributed by atoms with Crippen LogP contribution in [0.1, 0.15) is 32.6 Å². The third kappa shape index (κ3) is 3.24. The molecule has 0 saturated heterocycles. The van der Waals surface area contributed by atoms with Gasteiger partial charge in [0.05, 0.1) is 0 Å². The van der Waals surface area contributed by atoms with Crippen LogP contribution in [0.15, 0.2) is 0 Å². The minimum absolute atomic E-state index is 0.338. The van der Waals surface area contributed by atoms with Crippen LogP contribution < -0.4 is 5.32 Å². The maximum atomic E-state index is 11.0. The molecule has 0 aromatic rings. The molecule has 0 amide bonds. The van der Waals surface area contributed by atoms with E-state index in [0.717, 1.165) is 12.8 Å². The summed E-state index contributed by atoms with van der Waals surface area (Å²) in [5.41, 5.74) is 0.402. The fraction of sp³-hybridized carbons (Fsp3) is 1.00. The van der Waals surface area contributed by atoms with E-state index in [1.54, 1.807) is 0 Å². The molecule has 0 bridgehead atoms. The lowest BCUT2D eigenvalue weighted by Crippen LogP contribution is -2.32. The maximum Gasteiger partial charge on any atom is 0.147 e. The Morgan fingerprint density at radius 3 is 2.36 bits per heavy atom. The van der Waals surface area contributed by atoms with E-state index in [-0.39, 0.29) is 0 Å². The van der Waals surface area contributed by atoms with E-state index in [9.17, 15) is 8.42 Å². The van der Waals surface area contributed by atoms with Gasteiger partial charge in [0.15, 0.2) is 0 Å². The molecule has 1 rings (SSSR count). The highest BCUT2D eigenvalue weighted by Gasteiger charge is 2.45. The predicted molar refractivity (Wildman–Crippen MR) is 59.1 cm³/mol. The van der Waals surface area contributed by atoms with Crippen molar-refractivity contribution in [3.05, 3.63) is 0 Å². The molecule has 14 heavy (non-hydrogen) atoms. The van der Waals surface area contributed by atoms with Crippen LogP contribution in [-0.2, 0) is 9.84 Å². The van der Waals surface area contributed by atoms with Crippen molar-refractivity contribution >= 4 is 9.84 Å². The SMILES string of the molecule is CNC(C)C1(CCCS(C)(=O)=O)CC1. The third-order valence-electron chi connectivity index (χ3n) is 3.43. The van der Waals surface area contributed by atoms with Crippen molar-refractivity contribution < 1.29 is 8.42 Å². The first kappa shape index (κ1) is 12.0. The molecule has 3 nitrogen and oxygen atoms in total. The van der Waals surface area contributed by atoms with Crippen molar-refractivity contribution in [1.29, 1.82) is 0 Å². The van der Waals surface area contributed by atoms with Crippen molar-refractivity contribution in [2.75, 3.05) is 19.1 Å². The molecule has 1 aliphatic rings. The molecule has 1 atom stereocenters. The molecule has 1 unspecified atom stereocenters. The lowest BCUT2D eigenvalue weighted by Gasteiger charge is -2.22. The summed E-state index contributed by atoms with van der Waals surface area (Å²) in [7, 11) is -0.798. The summed E-state index contributed by atoms with van der Waals surface area (Å²) in [6.07, 6.45) is 5.67. The molecule has 1 N–H and O–H groups in total. The van der Waals surface area contributed by atoms with Crippen LogP contribution >= 0.6 is 0 Å². The Kier molecular flexibility index (Phi) is 3.58. The smallest absolute Gasteiger partial charge is 0.147 e. The van der Waals surface area contributed by atoms with E-state index < -0.39 is 9.84 Å². The Morgan fingerprint density at radius 2 is 2.00 bits per heavy atom. The summed E-state index contributed by atoms with van der Waals surface area (Å²) in [5.74, 6) is 0.338. The zero-order valence-electron chi connectivity index (χ0n) is 9.34. The largest absolute Gasteiger partial charge is 0.317 e. The maximum absolute atomic E-state index is 11.0. The molecule has 84 valence electrons. The van der Waals surface area contributed by atoms with Crippen LogP contribution in [0.25, 0.3) is 0 Å². The van der Waals surface area contributed by atoms with Crippen LogP contribution in [0.4, 0.5) is 0 Å². The van der Waals surface area contributed by atoms with Gasteiger partial charge in [-0.15, -0.1) is 0 Å². The van der Waals surface area contributed by atoms with Crippen molar-refractivity contribution in [1.82, 2.24) is 5.32 Å². The molecule has 0 radical (unpaired) electrons. The monoisotopic (exact) mass is 219 g/mol. The van der Waals surface area contributed by atoms with Gasteiger partial charge in [-0.2, -0.15) is 0 Å². The summed E-state index contributed by atoms with van der Waals surface area (Å²) in [4.78, 5) is 0. The standard InChI is InChI=1S/C10H21NO2S/c1-9(11-2)10(6-7-10)5-4-8-14(3,12)13/h9,11H,4-8H2,1-3H3. The highest BCUT2D eigenvalue weighted by molar-refractivity contribution is 7.90. The van der Waals surface area contributed by atoms with Crippen LogP contribution in [0.2, 0.25) is 0 Å². The van der Waals surface area contributed by atoms with Gasteiger partial charge >= 0.3 is 0 Å².